The Kier molecular flexibility index (Phi) is 9.83. The van der Waals surface area contributed by atoms with E-state index >= 15 is 0 Å². The van der Waals surface area contributed by atoms with Crippen LogP contribution in [0.2, 0.25) is 0 Å². The number of hydrogen-bond donors (Lipinski definition) is 3. The van der Waals surface area contributed by atoms with Gasteiger partial charge in [-0.25, -0.2) is 4.79 Å². The minimum Gasteiger partial charge on any atom is -0.444 e. The normalized spacial score (nSPS) is 13.0. The van der Waals surface area contributed by atoms with Crippen LogP contribution in [-0.2, 0) is 20.9 Å². The van der Waals surface area contributed by atoms with E-state index in [-0.39, 0.29) is 5.91 Å². The van der Waals surface area contributed by atoms with Crippen molar-refractivity contribution in [3.8, 4) is 0 Å². The van der Waals surface area contributed by atoms with Gasteiger partial charge in [-0.15, -0.1) is 0 Å². The quantitative estimate of drug-likeness (QED) is 0.506. The van der Waals surface area contributed by atoms with Crippen molar-refractivity contribution < 1.29 is 24.2 Å². The first-order chi connectivity index (χ1) is 16.4. The maximum absolute atomic E-state index is 13.6. The number of nitrogens with one attached hydrogen (secondary N) is 2. The third-order valence-electron chi connectivity index (χ3n) is 5.18. The number of aliphatic hydroxyl groups excluding tert-OH is 1. The lowest BCUT2D eigenvalue weighted by molar-refractivity contribution is -0.145. The van der Waals surface area contributed by atoms with Gasteiger partial charge in [0.25, 0.3) is 0 Å². The summed E-state index contributed by atoms with van der Waals surface area (Å²) in [4.78, 5) is 40.8. The number of benzene rings is 2. The second-order valence-electron chi connectivity index (χ2n) is 9.74. The molecular formula is C27H37N3O5. The summed E-state index contributed by atoms with van der Waals surface area (Å²) in [5.41, 5.74) is 1.72. The van der Waals surface area contributed by atoms with Crippen molar-refractivity contribution in [3.63, 3.8) is 0 Å². The van der Waals surface area contributed by atoms with Crippen molar-refractivity contribution in [3.05, 3.63) is 71.3 Å². The van der Waals surface area contributed by atoms with E-state index in [1.54, 1.807) is 40.7 Å². The van der Waals surface area contributed by atoms with Gasteiger partial charge in [-0.1, -0.05) is 60.2 Å². The predicted octanol–water partition coefficient (Wildman–Crippen LogP) is 3.48. The average Bonchev–Trinajstić information content (AvgIpc) is 2.78. The molecule has 0 spiro atoms. The van der Waals surface area contributed by atoms with E-state index in [9.17, 15) is 19.5 Å². The van der Waals surface area contributed by atoms with Gasteiger partial charge >= 0.3 is 6.09 Å². The summed E-state index contributed by atoms with van der Waals surface area (Å²) in [7, 11) is 0. The molecular weight excluding hydrogens is 446 g/mol. The van der Waals surface area contributed by atoms with Crippen LogP contribution in [0.4, 0.5) is 4.79 Å². The summed E-state index contributed by atoms with van der Waals surface area (Å²) < 4.78 is 5.25. The number of carbonyl (C=O) groups excluding carboxylic acids is 3. The highest BCUT2D eigenvalue weighted by Crippen LogP contribution is 2.26. The van der Waals surface area contributed by atoms with E-state index in [0.29, 0.717) is 12.1 Å². The zero-order chi connectivity index (χ0) is 26.2. The van der Waals surface area contributed by atoms with Gasteiger partial charge in [0.1, 0.15) is 17.7 Å². The summed E-state index contributed by atoms with van der Waals surface area (Å²) in [6.07, 6.45) is -0.825. The number of ether oxygens (including phenoxy) is 1. The van der Waals surface area contributed by atoms with E-state index in [4.69, 9.17) is 4.74 Å². The van der Waals surface area contributed by atoms with Crippen LogP contribution >= 0.6 is 0 Å². The van der Waals surface area contributed by atoms with E-state index < -0.39 is 42.3 Å². The standard InChI is InChI=1S/C27H37N3O5/c1-18(2)30(25(33)22(17-31)29-26(34)35-27(4,5)6)23(21-14-10-11-19(3)15-21)24(32)28-16-20-12-8-7-9-13-20/h7-15,18,22-23,31H,16-17H2,1-6H3,(H,28,32)(H,29,34). The molecule has 2 atom stereocenters. The molecule has 0 heterocycles. The summed E-state index contributed by atoms with van der Waals surface area (Å²) in [6.45, 7) is 10.2. The molecule has 190 valence electrons. The fraction of sp³-hybridized carbons (Fsp3) is 0.444. The van der Waals surface area contributed by atoms with Crippen molar-refractivity contribution in [1.82, 2.24) is 15.5 Å². The van der Waals surface area contributed by atoms with Crippen molar-refractivity contribution in [1.29, 1.82) is 0 Å². The molecule has 0 saturated heterocycles. The van der Waals surface area contributed by atoms with Crippen LogP contribution in [0.3, 0.4) is 0 Å². The summed E-state index contributed by atoms with van der Waals surface area (Å²) in [5.74, 6) is -0.954. The van der Waals surface area contributed by atoms with Crippen molar-refractivity contribution in [2.45, 2.75) is 71.8 Å². The Morgan fingerprint density at radius 2 is 1.69 bits per heavy atom. The van der Waals surface area contributed by atoms with E-state index in [2.05, 4.69) is 10.6 Å². The lowest BCUT2D eigenvalue weighted by Crippen LogP contribution is -2.56. The SMILES string of the molecule is Cc1cccc(C(C(=O)NCc2ccccc2)N(C(=O)C(CO)NC(=O)OC(C)(C)C)C(C)C)c1. The number of amides is 3. The Hall–Kier alpha value is -3.39. The zero-order valence-corrected chi connectivity index (χ0v) is 21.4. The average molecular weight is 484 g/mol. The minimum atomic E-state index is -1.28. The molecule has 0 aliphatic carbocycles. The van der Waals surface area contributed by atoms with Crippen LogP contribution in [0.1, 0.15) is 57.4 Å². The monoisotopic (exact) mass is 483 g/mol. The van der Waals surface area contributed by atoms with Crippen molar-refractivity contribution in [2.24, 2.45) is 0 Å². The molecule has 35 heavy (non-hydrogen) atoms. The number of hydrogen-bond acceptors (Lipinski definition) is 5. The van der Waals surface area contributed by atoms with Crippen LogP contribution in [-0.4, -0.2) is 52.2 Å². The summed E-state index contributed by atoms with van der Waals surface area (Å²) in [6, 6.07) is 14.2. The highest BCUT2D eigenvalue weighted by Gasteiger charge is 2.37. The number of rotatable bonds is 9. The maximum Gasteiger partial charge on any atom is 0.408 e. The van der Waals surface area contributed by atoms with Crippen LogP contribution in [0.5, 0.6) is 0 Å². The van der Waals surface area contributed by atoms with Gasteiger partial charge in [0.2, 0.25) is 11.8 Å². The number of nitrogens with zero attached hydrogens (tertiary/aromatic N) is 1. The fourth-order valence-electron chi connectivity index (χ4n) is 3.66. The summed E-state index contributed by atoms with van der Waals surface area (Å²) >= 11 is 0. The molecule has 0 fully saturated rings. The van der Waals surface area contributed by atoms with Crippen LogP contribution in [0.15, 0.2) is 54.6 Å². The third-order valence-corrected chi connectivity index (χ3v) is 5.18. The Morgan fingerprint density at radius 1 is 1.03 bits per heavy atom. The molecule has 3 amide bonds. The first-order valence-electron chi connectivity index (χ1n) is 11.7. The topological polar surface area (TPSA) is 108 Å². The Balaban J connectivity index is 2.38. The van der Waals surface area contributed by atoms with Gasteiger partial charge in [-0.3, -0.25) is 9.59 Å². The second-order valence-corrected chi connectivity index (χ2v) is 9.74. The Labute approximate surface area is 207 Å². The molecule has 0 radical (unpaired) electrons. The molecule has 0 aliphatic rings. The van der Waals surface area contributed by atoms with Crippen LogP contribution < -0.4 is 10.6 Å². The first-order valence-corrected chi connectivity index (χ1v) is 11.7. The predicted molar refractivity (Wildman–Crippen MR) is 134 cm³/mol. The fourth-order valence-corrected chi connectivity index (χ4v) is 3.66. The number of alkyl carbamates (subject to hydrolysis) is 1. The lowest BCUT2D eigenvalue weighted by atomic mass is 9.99. The molecule has 3 N–H and O–H groups in total. The Bertz CT molecular complexity index is 1000. The van der Waals surface area contributed by atoms with E-state index in [1.807, 2.05) is 55.5 Å². The molecule has 0 aromatic heterocycles. The molecule has 0 saturated carbocycles. The van der Waals surface area contributed by atoms with Gasteiger partial charge in [0, 0.05) is 12.6 Å². The zero-order valence-electron chi connectivity index (χ0n) is 21.4. The smallest absolute Gasteiger partial charge is 0.408 e. The molecule has 2 unspecified atom stereocenters. The van der Waals surface area contributed by atoms with Gasteiger partial charge in [-0.2, -0.15) is 0 Å². The van der Waals surface area contributed by atoms with Crippen LogP contribution in [0, 0.1) is 6.92 Å². The lowest BCUT2D eigenvalue weighted by Gasteiger charge is -2.37. The van der Waals surface area contributed by atoms with Gasteiger partial charge in [0.15, 0.2) is 0 Å². The van der Waals surface area contributed by atoms with E-state index in [0.717, 1.165) is 11.1 Å². The van der Waals surface area contributed by atoms with Crippen LogP contribution in [0.25, 0.3) is 0 Å². The number of carbonyl (C=O) groups is 3. The largest absolute Gasteiger partial charge is 0.444 e. The van der Waals surface area contributed by atoms with E-state index in [1.165, 1.54) is 4.90 Å². The maximum atomic E-state index is 13.6. The van der Waals surface area contributed by atoms with Gasteiger partial charge < -0.3 is 25.4 Å². The van der Waals surface area contributed by atoms with Crippen molar-refractivity contribution in [2.75, 3.05) is 6.61 Å². The molecule has 2 aromatic rings. The summed E-state index contributed by atoms with van der Waals surface area (Å²) in [5, 5.41) is 15.3. The molecule has 2 rings (SSSR count). The number of aryl methyl sites for hydroxylation is 1. The molecule has 2 aromatic carbocycles. The second kappa shape index (κ2) is 12.4. The molecule has 0 bridgehead atoms. The van der Waals surface area contributed by atoms with Gasteiger partial charge in [-0.05, 0) is 52.7 Å². The van der Waals surface area contributed by atoms with Crippen molar-refractivity contribution >= 4 is 17.9 Å². The first kappa shape index (κ1) is 27.9. The highest BCUT2D eigenvalue weighted by molar-refractivity contribution is 5.92. The number of aliphatic hydroxyl groups is 1. The molecule has 8 heteroatoms. The molecule has 8 nitrogen and oxygen atoms in total. The Morgan fingerprint density at radius 3 is 2.23 bits per heavy atom. The minimum absolute atomic E-state index is 0.293. The molecule has 0 aliphatic heterocycles. The van der Waals surface area contributed by atoms with Gasteiger partial charge in [0.05, 0.1) is 6.61 Å². The highest BCUT2D eigenvalue weighted by atomic mass is 16.6. The third kappa shape index (κ3) is 8.40.